The van der Waals surface area contributed by atoms with E-state index in [1.807, 2.05) is 24.1 Å². The number of thiophene rings is 1. The molecule has 1 heterocycles. The molecule has 1 amide bonds. The van der Waals surface area contributed by atoms with Gasteiger partial charge in [0.25, 0.3) is 0 Å². The Labute approximate surface area is 112 Å². The molecule has 0 radical (unpaired) electrons. The molecule has 5 heteroatoms. The van der Waals surface area contributed by atoms with Gasteiger partial charge in [0.15, 0.2) is 0 Å². The zero-order chi connectivity index (χ0) is 13.4. The lowest BCUT2D eigenvalue weighted by Gasteiger charge is -2.13. The van der Waals surface area contributed by atoms with E-state index in [0.717, 1.165) is 11.4 Å². The highest BCUT2D eigenvalue weighted by Gasteiger charge is 2.06. The molecule has 4 nitrogen and oxygen atoms in total. The zero-order valence-corrected chi connectivity index (χ0v) is 11.5. The molecule has 0 bridgehead atoms. The summed E-state index contributed by atoms with van der Waals surface area (Å²) in [5.74, 6) is 5.91. The van der Waals surface area contributed by atoms with E-state index >= 15 is 0 Å². The molecule has 0 saturated heterocycles. The van der Waals surface area contributed by atoms with Crippen molar-refractivity contribution in [1.82, 2.24) is 10.2 Å². The van der Waals surface area contributed by atoms with Crippen LogP contribution in [0.3, 0.4) is 0 Å². The first-order valence-electron chi connectivity index (χ1n) is 5.73. The maximum absolute atomic E-state index is 11.2. The van der Waals surface area contributed by atoms with Gasteiger partial charge in [-0.05, 0) is 19.2 Å². The van der Waals surface area contributed by atoms with Crippen LogP contribution in [0.4, 0.5) is 0 Å². The molecule has 0 aromatic carbocycles. The lowest BCUT2D eigenvalue weighted by atomic mass is 10.3. The summed E-state index contributed by atoms with van der Waals surface area (Å²) in [6.07, 6.45) is 0.504. The van der Waals surface area contributed by atoms with E-state index in [1.54, 1.807) is 18.4 Å². The summed E-state index contributed by atoms with van der Waals surface area (Å²) in [7, 11) is 3.54. The summed E-state index contributed by atoms with van der Waals surface area (Å²) in [4.78, 5) is 15.3. The van der Waals surface area contributed by atoms with Gasteiger partial charge in [0, 0.05) is 24.9 Å². The second-order valence-corrected chi connectivity index (χ2v) is 5.06. The molecule has 1 aromatic heterocycles. The minimum atomic E-state index is 0.0111. The fourth-order valence-corrected chi connectivity index (χ4v) is 2.34. The van der Waals surface area contributed by atoms with Gasteiger partial charge in [-0.2, -0.15) is 0 Å². The van der Waals surface area contributed by atoms with E-state index in [9.17, 15) is 4.79 Å². The van der Waals surface area contributed by atoms with Crippen LogP contribution in [0.15, 0.2) is 12.1 Å². The van der Waals surface area contributed by atoms with Gasteiger partial charge in [0.1, 0.15) is 0 Å². The van der Waals surface area contributed by atoms with Crippen LogP contribution in [0, 0.1) is 11.8 Å². The number of amides is 1. The number of hydrogen-bond acceptors (Lipinski definition) is 4. The number of carbonyl (C=O) groups excluding carboxylic acids is 1. The van der Waals surface area contributed by atoms with Crippen LogP contribution in [0.25, 0.3) is 0 Å². The number of nitrogens with one attached hydrogen (secondary N) is 1. The Morgan fingerprint density at radius 1 is 1.56 bits per heavy atom. The van der Waals surface area contributed by atoms with Gasteiger partial charge in [-0.1, -0.05) is 11.8 Å². The lowest BCUT2D eigenvalue weighted by molar-refractivity contribution is -0.121. The number of aliphatic hydroxyl groups excluding tert-OH is 1. The van der Waals surface area contributed by atoms with Crippen LogP contribution in [-0.2, 0) is 11.3 Å². The van der Waals surface area contributed by atoms with E-state index in [1.165, 1.54) is 4.88 Å². The van der Waals surface area contributed by atoms with Crippen LogP contribution < -0.4 is 5.32 Å². The Morgan fingerprint density at radius 2 is 2.33 bits per heavy atom. The molecule has 0 aliphatic heterocycles. The van der Waals surface area contributed by atoms with Crippen molar-refractivity contribution in [2.45, 2.75) is 13.0 Å². The van der Waals surface area contributed by atoms with Gasteiger partial charge in [-0.25, -0.2) is 0 Å². The van der Waals surface area contributed by atoms with Gasteiger partial charge in [0.05, 0.1) is 18.0 Å². The highest BCUT2D eigenvalue weighted by atomic mass is 32.1. The standard InChI is InChI=1S/C13H18N2O2S/c1-14-13(17)10-15(2)9-12-7-6-11(18-12)5-3-4-8-16/h6-7,16H,4,8-10H2,1-2H3,(H,14,17). The zero-order valence-electron chi connectivity index (χ0n) is 10.7. The smallest absolute Gasteiger partial charge is 0.233 e. The van der Waals surface area contributed by atoms with Crippen molar-refractivity contribution in [1.29, 1.82) is 0 Å². The number of hydrogen-bond donors (Lipinski definition) is 2. The number of nitrogens with zero attached hydrogens (tertiary/aromatic N) is 1. The van der Waals surface area contributed by atoms with E-state index in [2.05, 4.69) is 17.2 Å². The van der Waals surface area contributed by atoms with E-state index < -0.39 is 0 Å². The highest BCUT2D eigenvalue weighted by molar-refractivity contribution is 7.12. The number of carbonyl (C=O) groups is 1. The summed E-state index contributed by atoms with van der Waals surface area (Å²) in [6.45, 7) is 1.22. The Morgan fingerprint density at radius 3 is 3.00 bits per heavy atom. The topological polar surface area (TPSA) is 52.6 Å². The minimum absolute atomic E-state index is 0.0111. The van der Waals surface area contributed by atoms with Crippen LogP contribution in [0.5, 0.6) is 0 Å². The minimum Gasteiger partial charge on any atom is -0.395 e. The molecule has 1 rings (SSSR count). The predicted molar refractivity (Wildman–Crippen MR) is 73.3 cm³/mol. The van der Waals surface area contributed by atoms with Crippen molar-refractivity contribution in [3.8, 4) is 11.8 Å². The maximum atomic E-state index is 11.2. The quantitative estimate of drug-likeness (QED) is 0.770. The Bertz CT molecular complexity index is 445. The normalized spacial score (nSPS) is 10.0. The van der Waals surface area contributed by atoms with Gasteiger partial charge in [-0.3, -0.25) is 9.69 Å². The first kappa shape index (κ1) is 14.7. The first-order chi connectivity index (χ1) is 8.65. The molecule has 0 fully saturated rings. The Balaban J connectivity index is 2.49. The largest absolute Gasteiger partial charge is 0.395 e. The predicted octanol–water partition coefficient (Wildman–Crippen LogP) is 0.660. The number of rotatable bonds is 5. The van der Waals surface area contributed by atoms with Crippen LogP contribution in [0.1, 0.15) is 16.2 Å². The molecule has 18 heavy (non-hydrogen) atoms. The SMILES string of the molecule is CNC(=O)CN(C)Cc1ccc(C#CCCO)s1. The van der Waals surface area contributed by atoms with Crippen molar-refractivity contribution < 1.29 is 9.90 Å². The van der Waals surface area contributed by atoms with Crippen molar-refractivity contribution in [2.75, 3.05) is 27.2 Å². The Kier molecular flexibility index (Phi) is 6.44. The summed E-state index contributed by atoms with van der Waals surface area (Å²) < 4.78 is 0. The molecule has 0 atom stereocenters. The van der Waals surface area contributed by atoms with Gasteiger partial charge < -0.3 is 10.4 Å². The first-order valence-corrected chi connectivity index (χ1v) is 6.55. The second kappa shape index (κ2) is 7.88. The van der Waals surface area contributed by atoms with Gasteiger partial charge >= 0.3 is 0 Å². The van der Waals surface area contributed by atoms with Crippen molar-refractivity contribution >= 4 is 17.2 Å². The molecule has 0 aliphatic carbocycles. The fourth-order valence-electron chi connectivity index (χ4n) is 1.38. The maximum Gasteiger partial charge on any atom is 0.233 e. The molecule has 98 valence electrons. The summed E-state index contributed by atoms with van der Waals surface area (Å²) >= 11 is 1.62. The number of likely N-dealkylation sites (N-methyl/N-ethyl adjacent to an activating group) is 2. The van der Waals surface area contributed by atoms with E-state index in [-0.39, 0.29) is 12.5 Å². The molecule has 0 saturated carbocycles. The fraction of sp³-hybridized carbons (Fsp3) is 0.462. The molecule has 2 N–H and O–H groups in total. The highest BCUT2D eigenvalue weighted by Crippen LogP contribution is 2.16. The Hall–Kier alpha value is -1.35. The van der Waals surface area contributed by atoms with E-state index in [4.69, 9.17) is 5.11 Å². The number of aliphatic hydroxyl groups is 1. The van der Waals surface area contributed by atoms with Crippen molar-refractivity contribution in [3.05, 3.63) is 21.9 Å². The van der Waals surface area contributed by atoms with Gasteiger partial charge in [0.2, 0.25) is 5.91 Å². The average molecular weight is 266 g/mol. The molecule has 0 spiro atoms. The second-order valence-electron chi connectivity index (χ2n) is 3.89. The van der Waals surface area contributed by atoms with E-state index in [0.29, 0.717) is 13.0 Å². The lowest BCUT2D eigenvalue weighted by Crippen LogP contribution is -2.32. The summed E-state index contributed by atoms with van der Waals surface area (Å²) in [6, 6.07) is 3.99. The third kappa shape index (κ3) is 5.32. The summed E-state index contributed by atoms with van der Waals surface area (Å²) in [5.41, 5.74) is 0. The summed E-state index contributed by atoms with van der Waals surface area (Å²) in [5, 5.41) is 11.2. The third-order valence-electron chi connectivity index (χ3n) is 2.23. The van der Waals surface area contributed by atoms with Gasteiger partial charge in [-0.15, -0.1) is 11.3 Å². The molecule has 1 aromatic rings. The third-order valence-corrected chi connectivity index (χ3v) is 3.21. The van der Waals surface area contributed by atoms with Crippen LogP contribution in [0.2, 0.25) is 0 Å². The molecule has 0 unspecified atom stereocenters. The van der Waals surface area contributed by atoms with Crippen molar-refractivity contribution in [3.63, 3.8) is 0 Å². The van der Waals surface area contributed by atoms with Crippen LogP contribution >= 0.6 is 11.3 Å². The average Bonchev–Trinajstić information content (AvgIpc) is 2.76. The molecular weight excluding hydrogens is 248 g/mol. The molecule has 0 aliphatic rings. The van der Waals surface area contributed by atoms with Crippen LogP contribution in [-0.4, -0.2) is 43.2 Å². The monoisotopic (exact) mass is 266 g/mol. The molecular formula is C13H18N2O2S. The van der Waals surface area contributed by atoms with Crippen molar-refractivity contribution in [2.24, 2.45) is 0 Å².